The van der Waals surface area contributed by atoms with E-state index in [2.05, 4.69) is 5.32 Å². The van der Waals surface area contributed by atoms with Crippen LogP contribution in [-0.2, 0) is 14.8 Å². The lowest BCUT2D eigenvalue weighted by atomic mass is 9.95. The Morgan fingerprint density at radius 1 is 1.28 bits per heavy atom. The van der Waals surface area contributed by atoms with Gasteiger partial charge in [-0.05, 0) is 61.8 Å². The highest BCUT2D eigenvalue weighted by atomic mass is 35.5. The lowest BCUT2D eigenvalue weighted by Gasteiger charge is -2.32. The van der Waals surface area contributed by atoms with Gasteiger partial charge in [0.1, 0.15) is 6.04 Å². The van der Waals surface area contributed by atoms with Crippen molar-refractivity contribution in [2.45, 2.75) is 51.1 Å². The van der Waals surface area contributed by atoms with E-state index in [0.717, 1.165) is 18.6 Å². The number of carbonyl (C=O) groups excluding carboxylic acids is 1. The van der Waals surface area contributed by atoms with Crippen LogP contribution in [0.15, 0.2) is 24.3 Å². The Balaban J connectivity index is 1.82. The number of hydrogen-bond acceptors (Lipinski definition) is 3. The van der Waals surface area contributed by atoms with Crippen LogP contribution in [-0.4, -0.2) is 32.7 Å². The molecule has 138 valence electrons. The molecular formula is C18H25ClN2O3S. The molecule has 0 saturated heterocycles. The molecule has 4 atom stereocenters. The van der Waals surface area contributed by atoms with E-state index in [4.69, 9.17) is 11.6 Å². The first-order chi connectivity index (χ1) is 11.8. The SMILES string of the molecule is CC[C@H](C(=O)N[C@@H]1C[C@@H]2CC[C@@H]1C2)N(c1ccc(Cl)cc1)S(C)(=O)=O. The van der Waals surface area contributed by atoms with Gasteiger partial charge in [0.05, 0.1) is 11.9 Å². The summed E-state index contributed by atoms with van der Waals surface area (Å²) in [6, 6.07) is 5.97. The van der Waals surface area contributed by atoms with Crippen molar-refractivity contribution in [3.63, 3.8) is 0 Å². The van der Waals surface area contributed by atoms with Crippen LogP contribution in [0.4, 0.5) is 5.69 Å². The van der Waals surface area contributed by atoms with Crippen LogP contribution in [0.5, 0.6) is 0 Å². The molecule has 0 spiro atoms. The minimum absolute atomic E-state index is 0.187. The topological polar surface area (TPSA) is 66.5 Å². The monoisotopic (exact) mass is 384 g/mol. The molecule has 0 heterocycles. The van der Waals surface area contributed by atoms with Crippen LogP contribution >= 0.6 is 11.6 Å². The maximum absolute atomic E-state index is 12.9. The van der Waals surface area contributed by atoms with Crippen LogP contribution in [0.2, 0.25) is 5.02 Å². The van der Waals surface area contributed by atoms with Gasteiger partial charge in [-0.3, -0.25) is 9.10 Å². The molecule has 2 bridgehead atoms. The van der Waals surface area contributed by atoms with Gasteiger partial charge in [-0.25, -0.2) is 8.42 Å². The van der Waals surface area contributed by atoms with Crippen molar-refractivity contribution in [3.8, 4) is 0 Å². The lowest BCUT2D eigenvalue weighted by Crippen LogP contribution is -2.52. The highest BCUT2D eigenvalue weighted by Crippen LogP contribution is 2.44. The van der Waals surface area contributed by atoms with Gasteiger partial charge in [0, 0.05) is 11.1 Å². The summed E-state index contributed by atoms with van der Waals surface area (Å²) in [6.07, 6.45) is 6.17. The molecule has 7 heteroatoms. The molecule has 2 aliphatic carbocycles. The minimum atomic E-state index is -3.60. The molecular weight excluding hydrogens is 360 g/mol. The van der Waals surface area contributed by atoms with Crippen LogP contribution in [0.25, 0.3) is 0 Å². The summed E-state index contributed by atoms with van der Waals surface area (Å²) in [5, 5.41) is 3.65. The molecule has 0 aliphatic heterocycles. The summed E-state index contributed by atoms with van der Waals surface area (Å²) >= 11 is 5.91. The fraction of sp³-hybridized carbons (Fsp3) is 0.611. The van der Waals surface area contributed by atoms with Crippen molar-refractivity contribution < 1.29 is 13.2 Å². The molecule has 2 saturated carbocycles. The zero-order valence-electron chi connectivity index (χ0n) is 14.6. The van der Waals surface area contributed by atoms with E-state index in [0.29, 0.717) is 23.0 Å². The van der Waals surface area contributed by atoms with Gasteiger partial charge in [0.25, 0.3) is 0 Å². The first kappa shape index (κ1) is 18.5. The molecule has 0 unspecified atom stereocenters. The fourth-order valence-corrected chi connectivity index (χ4v) is 5.69. The van der Waals surface area contributed by atoms with Crippen molar-refractivity contribution in [1.29, 1.82) is 0 Å². The van der Waals surface area contributed by atoms with Crippen LogP contribution in [0.3, 0.4) is 0 Å². The van der Waals surface area contributed by atoms with E-state index in [9.17, 15) is 13.2 Å². The van der Waals surface area contributed by atoms with Crippen molar-refractivity contribution >= 4 is 33.2 Å². The van der Waals surface area contributed by atoms with Crippen molar-refractivity contribution in [2.24, 2.45) is 11.8 Å². The zero-order valence-corrected chi connectivity index (χ0v) is 16.2. The molecule has 0 aromatic heterocycles. The average Bonchev–Trinajstić information content (AvgIpc) is 3.15. The molecule has 1 amide bonds. The number of nitrogens with one attached hydrogen (secondary N) is 1. The fourth-order valence-electron chi connectivity index (χ4n) is 4.35. The lowest BCUT2D eigenvalue weighted by molar-refractivity contribution is -0.123. The standard InChI is InChI=1S/C18H25ClN2O3S/c1-3-17(18(22)20-16-11-12-4-5-13(16)10-12)21(25(2,23)24)15-8-6-14(19)7-9-15/h6-9,12-13,16-17H,3-5,10-11H2,1-2H3,(H,20,22)/t12-,13-,16-,17-/m1/s1. The maximum atomic E-state index is 12.9. The normalized spacial score (nSPS) is 26.4. The Labute approximate surface area is 154 Å². The third-order valence-electron chi connectivity index (χ3n) is 5.48. The number of fused-ring (bicyclic) bond motifs is 2. The predicted octanol–water partition coefficient (Wildman–Crippen LogP) is 3.19. The van der Waals surface area contributed by atoms with Gasteiger partial charge < -0.3 is 5.32 Å². The Morgan fingerprint density at radius 2 is 1.96 bits per heavy atom. The van der Waals surface area contributed by atoms with Gasteiger partial charge >= 0.3 is 0 Å². The van der Waals surface area contributed by atoms with Crippen LogP contribution < -0.4 is 9.62 Å². The molecule has 25 heavy (non-hydrogen) atoms. The summed E-state index contributed by atoms with van der Waals surface area (Å²) < 4.78 is 26.0. The largest absolute Gasteiger partial charge is 0.351 e. The highest BCUT2D eigenvalue weighted by Gasteiger charge is 2.41. The van der Waals surface area contributed by atoms with E-state index in [-0.39, 0.29) is 11.9 Å². The molecule has 2 fully saturated rings. The number of halogens is 1. The Bertz CT molecular complexity index is 735. The summed E-state index contributed by atoms with van der Waals surface area (Å²) in [5.41, 5.74) is 0.460. The first-order valence-electron chi connectivity index (χ1n) is 8.85. The Hall–Kier alpha value is -1.27. The zero-order chi connectivity index (χ0) is 18.2. The summed E-state index contributed by atoms with van der Waals surface area (Å²) in [5.74, 6) is 1.06. The minimum Gasteiger partial charge on any atom is -0.351 e. The second kappa shape index (κ2) is 7.16. The van der Waals surface area contributed by atoms with Crippen LogP contribution in [0, 0.1) is 11.8 Å². The van der Waals surface area contributed by atoms with Crippen molar-refractivity contribution in [1.82, 2.24) is 5.32 Å². The average molecular weight is 385 g/mol. The highest BCUT2D eigenvalue weighted by molar-refractivity contribution is 7.92. The maximum Gasteiger partial charge on any atom is 0.244 e. The molecule has 2 aliphatic rings. The summed E-state index contributed by atoms with van der Waals surface area (Å²) in [7, 11) is -3.60. The molecule has 0 radical (unpaired) electrons. The van der Waals surface area contributed by atoms with E-state index in [1.165, 1.54) is 23.6 Å². The number of sulfonamides is 1. The van der Waals surface area contributed by atoms with Crippen molar-refractivity contribution in [3.05, 3.63) is 29.3 Å². The molecule has 5 nitrogen and oxygen atoms in total. The van der Waals surface area contributed by atoms with E-state index >= 15 is 0 Å². The molecule has 1 N–H and O–H groups in total. The van der Waals surface area contributed by atoms with Gasteiger partial charge in [-0.2, -0.15) is 0 Å². The van der Waals surface area contributed by atoms with Gasteiger partial charge in [0.15, 0.2) is 0 Å². The Kier molecular flexibility index (Phi) is 5.30. The predicted molar refractivity (Wildman–Crippen MR) is 100 cm³/mol. The molecule has 3 rings (SSSR count). The number of rotatable bonds is 6. The Morgan fingerprint density at radius 3 is 2.44 bits per heavy atom. The molecule has 1 aromatic carbocycles. The van der Waals surface area contributed by atoms with E-state index in [1.807, 2.05) is 6.92 Å². The third-order valence-corrected chi connectivity index (χ3v) is 6.91. The number of carbonyl (C=O) groups is 1. The van der Waals surface area contributed by atoms with E-state index in [1.54, 1.807) is 24.3 Å². The van der Waals surface area contributed by atoms with E-state index < -0.39 is 16.1 Å². The number of benzene rings is 1. The first-order valence-corrected chi connectivity index (χ1v) is 11.1. The second-order valence-corrected chi connectivity index (χ2v) is 9.55. The van der Waals surface area contributed by atoms with Gasteiger partial charge in [0.2, 0.25) is 15.9 Å². The smallest absolute Gasteiger partial charge is 0.244 e. The molecule has 1 aromatic rings. The van der Waals surface area contributed by atoms with Crippen molar-refractivity contribution in [2.75, 3.05) is 10.6 Å². The van der Waals surface area contributed by atoms with Gasteiger partial charge in [-0.15, -0.1) is 0 Å². The number of amides is 1. The summed E-state index contributed by atoms with van der Waals surface area (Å²) in [6.45, 7) is 1.83. The van der Waals surface area contributed by atoms with Gasteiger partial charge in [-0.1, -0.05) is 24.9 Å². The number of anilines is 1. The quantitative estimate of drug-likeness (QED) is 0.819. The summed E-state index contributed by atoms with van der Waals surface area (Å²) in [4.78, 5) is 12.9. The second-order valence-electron chi connectivity index (χ2n) is 7.25. The van der Waals surface area contributed by atoms with Crippen LogP contribution in [0.1, 0.15) is 39.0 Å². The third kappa shape index (κ3) is 3.95. The number of hydrogen-bond donors (Lipinski definition) is 1. The number of nitrogens with zero attached hydrogens (tertiary/aromatic N) is 1.